The summed E-state index contributed by atoms with van der Waals surface area (Å²) in [6, 6.07) is 15.4. The summed E-state index contributed by atoms with van der Waals surface area (Å²) in [4.78, 5) is 24.3. The van der Waals surface area contributed by atoms with E-state index in [-0.39, 0.29) is 17.5 Å². The molecular formula is C22H20BrN3O2. The van der Waals surface area contributed by atoms with Gasteiger partial charge in [-0.1, -0.05) is 34.1 Å². The van der Waals surface area contributed by atoms with Gasteiger partial charge in [-0.3, -0.25) is 9.59 Å². The molecule has 0 saturated heterocycles. The molecule has 2 saturated carbocycles. The summed E-state index contributed by atoms with van der Waals surface area (Å²) >= 11 is 3.39. The fourth-order valence-electron chi connectivity index (χ4n) is 4.92. The third-order valence-electron chi connectivity index (χ3n) is 6.27. The van der Waals surface area contributed by atoms with Gasteiger partial charge in [-0.25, -0.2) is 5.10 Å². The van der Waals surface area contributed by atoms with Gasteiger partial charge in [0, 0.05) is 27.4 Å². The van der Waals surface area contributed by atoms with Gasteiger partial charge >= 0.3 is 0 Å². The normalized spacial score (nSPS) is 25.9. The van der Waals surface area contributed by atoms with Crippen molar-refractivity contribution in [1.29, 1.82) is 0 Å². The largest absolute Gasteiger partial charge is 0.349 e. The Morgan fingerprint density at radius 3 is 2.43 bits per heavy atom. The average molecular weight is 438 g/mol. The highest BCUT2D eigenvalue weighted by atomic mass is 79.9. The Labute approximate surface area is 170 Å². The van der Waals surface area contributed by atoms with Gasteiger partial charge in [0.15, 0.2) is 0 Å². The Balaban J connectivity index is 1.22. The van der Waals surface area contributed by atoms with E-state index in [1.807, 2.05) is 48.5 Å². The molecule has 0 bridgehead atoms. The summed E-state index contributed by atoms with van der Waals surface area (Å²) in [6.45, 7) is 0. The molecule has 142 valence electrons. The first kappa shape index (κ1) is 17.6. The molecule has 1 spiro atoms. The number of carbonyl (C=O) groups is 1. The molecule has 28 heavy (non-hydrogen) atoms. The molecule has 2 fully saturated rings. The predicted molar refractivity (Wildman–Crippen MR) is 111 cm³/mol. The molecule has 0 aliphatic heterocycles. The Bertz CT molecular complexity index is 1110. The van der Waals surface area contributed by atoms with Crippen LogP contribution < -0.4 is 10.9 Å². The number of halogens is 1. The minimum absolute atomic E-state index is 0.00322. The van der Waals surface area contributed by atoms with Crippen molar-refractivity contribution < 1.29 is 4.79 Å². The molecule has 1 aromatic heterocycles. The quantitative estimate of drug-likeness (QED) is 0.646. The van der Waals surface area contributed by atoms with Crippen LogP contribution in [0.15, 0.2) is 57.8 Å². The number of amides is 1. The molecule has 1 amide bonds. The Morgan fingerprint density at radius 1 is 1.04 bits per heavy atom. The number of rotatable bonds is 3. The summed E-state index contributed by atoms with van der Waals surface area (Å²) in [6.07, 6.45) is 4.18. The summed E-state index contributed by atoms with van der Waals surface area (Å²) in [5.41, 5.74) is 1.89. The van der Waals surface area contributed by atoms with Crippen molar-refractivity contribution in [2.45, 2.75) is 37.6 Å². The smallest absolute Gasteiger partial charge is 0.272 e. The SMILES string of the molecule is O=C(NC1CC2(C1)CC(c1n[nH]c(=O)c3ccccc13)C2)c1ccc(Br)cc1. The first-order valence-corrected chi connectivity index (χ1v) is 10.4. The second-order valence-electron chi connectivity index (χ2n) is 8.17. The van der Waals surface area contributed by atoms with E-state index < -0.39 is 0 Å². The number of fused-ring (bicyclic) bond motifs is 1. The van der Waals surface area contributed by atoms with Gasteiger partial charge in [-0.15, -0.1) is 0 Å². The second kappa shape index (κ2) is 6.55. The minimum atomic E-state index is -0.132. The summed E-state index contributed by atoms with van der Waals surface area (Å²) in [7, 11) is 0. The van der Waals surface area contributed by atoms with Crippen LogP contribution >= 0.6 is 15.9 Å². The van der Waals surface area contributed by atoms with Crippen LogP contribution in [0.3, 0.4) is 0 Å². The molecule has 2 aromatic carbocycles. The van der Waals surface area contributed by atoms with Crippen LogP contribution in [0.25, 0.3) is 10.8 Å². The van der Waals surface area contributed by atoms with Crippen molar-refractivity contribution in [3.63, 3.8) is 0 Å². The van der Waals surface area contributed by atoms with Crippen molar-refractivity contribution in [2.24, 2.45) is 5.41 Å². The van der Waals surface area contributed by atoms with E-state index in [1.165, 1.54) is 0 Å². The summed E-state index contributed by atoms with van der Waals surface area (Å²) in [5, 5.41) is 11.8. The number of carbonyl (C=O) groups excluding carboxylic acids is 1. The summed E-state index contributed by atoms with van der Waals surface area (Å²) < 4.78 is 0.968. The van der Waals surface area contributed by atoms with Crippen LogP contribution in [0.2, 0.25) is 0 Å². The topological polar surface area (TPSA) is 74.8 Å². The maximum absolute atomic E-state index is 12.4. The van der Waals surface area contributed by atoms with Gasteiger partial charge in [0.05, 0.1) is 11.1 Å². The molecule has 3 aromatic rings. The summed E-state index contributed by atoms with van der Waals surface area (Å²) in [5.74, 6) is 0.376. The second-order valence-corrected chi connectivity index (χ2v) is 9.09. The number of hydrogen-bond acceptors (Lipinski definition) is 3. The number of nitrogens with one attached hydrogen (secondary N) is 2. The van der Waals surface area contributed by atoms with E-state index in [4.69, 9.17) is 0 Å². The Kier molecular flexibility index (Phi) is 4.12. The van der Waals surface area contributed by atoms with E-state index >= 15 is 0 Å². The van der Waals surface area contributed by atoms with Crippen LogP contribution in [-0.2, 0) is 0 Å². The Hall–Kier alpha value is -2.47. The first-order valence-electron chi connectivity index (χ1n) is 9.57. The van der Waals surface area contributed by atoms with E-state index in [1.54, 1.807) is 0 Å². The molecule has 1 heterocycles. The van der Waals surface area contributed by atoms with Crippen molar-refractivity contribution in [1.82, 2.24) is 15.5 Å². The average Bonchev–Trinajstić information content (AvgIpc) is 2.64. The molecule has 0 unspecified atom stereocenters. The van der Waals surface area contributed by atoms with Gasteiger partial charge in [0.25, 0.3) is 11.5 Å². The van der Waals surface area contributed by atoms with Crippen LogP contribution in [-0.4, -0.2) is 22.1 Å². The number of nitrogens with zero attached hydrogens (tertiary/aromatic N) is 1. The van der Waals surface area contributed by atoms with Crippen molar-refractivity contribution in [3.05, 3.63) is 74.6 Å². The number of H-pyrrole nitrogens is 1. The molecule has 6 heteroatoms. The van der Waals surface area contributed by atoms with E-state index in [2.05, 4.69) is 31.4 Å². The molecular weight excluding hydrogens is 418 g/mol. The number of hydrogen-bond donors (Lipinski definition) is 2. The van der Waals surface area contributed by atoms with Gasteiger partial charge in [0.1, 0.15) is 0 Å². The van der Waals surface area contributed by atoms with Crippen LogP contribution in [0, 0.1) is 5.41 Å². The highest BCUT2D eigenvalue weighted by Gasteiger charge is 2.54. The fraction of sp³-hybridized carbons (Fsp3) is 0.318. The predicted octanol–water partition coefficient (Wildman–Crippen LogP) is 4.14. The molecule has 2 aliphatic carbocycles. The molecule has 5 nitrogen and oxygen atoms in total. The van der Waals surface area contributed by atoms with Crippen LogP contribution in [0.1, 0.15) is 47.7 Å². The van der Waals surface area contributed by atoms with Crippen molar-refractivity contribution in [2.75, 3.05) is 0 Å². The van der Waals surface area contributed by atoms with Gasteiger partial charge in [-0.2, -0.15) is 5.10 Å². The molecule has 2 aliphatic rings. The lowest BCUT2D eigenvalue weighted by Crippen LogP contribution is -2.55. The lowest BCUT2D eigenvalue weighted by atomic mass is 9.49. The van der Waals surface area contributed by atoms with Crippen molar-refractivity contribution >= 4 is 32.6 Å². The third kappa shape index (κ3) is 2.96. The zero-order chi connectivity index (χ0) is 19.3. The molecule has 0 radical (unpaired) electrons. The van der Waals surface area contributed by atoms with Gasteiger partial charge < -0.3 is 5.32 Å². The van der Waals surface area contributed by atoms with Crippen molar-refractivity contribution in [3.8, 4) is 0 Å². The number of benzene rings is 2. The number of aromatic amines is 1. The lowest BCUT2D eigenvalue weighted by Gasteiger charge is -2.57. The maximum Gasteiger partial charge on any atom is 0.272 e. The minimum Gasteiger partial charge on any atom is -0.349 e. The number of aromatic nitrogens is 2. The highest BCUT2D eigenvalue weighted by molar-refractivity contribution is 9.10. The fourth-order valence-corrected chi connectivity index (χ4v) is 5.18. The lowest BCUT2D eigenvalue weighted by molar-refractivity contribution is -0.0196. The van der Waals surface area contributed by atoms with E-state index in [9.17, 15) is 9.59 Å². The van der Waals surface area contributed by atoms with E-state index in [0.717, 1.165) is 41.2 Å². The van der Waals surface area contributed by atoms with Crippen LogP contribution in [0.4, 0.5) is 0 Å². The zero-order valence-electron chi connectivity index (χ0n) is 15.2. The highest BCUT2D eigenvalue weighted by Crippen LogP contribution is 2.62. The zero-order valence-corrected chi connectivity index (χ0v) is 16.8. The maximum atomic E-state index is 12.4. The van der Waals surface area contributed by atoms with Gasteiger partial charge in [0.2, 0.25) is 0 Å². The Morgan fingerprint density at radius 2 is 1.71 bits per heavy atom. The third-order valence-corrected chi connectivity index (χ3v) is 6.80. The first-order chi connectivity index (χ1) is 13.5. The van der Waals surface area contributed by atoms with Crippen LogP contribution in [0.5, 0.6) is 0 Å². The molecule has 5 rings (SSSR count). The monoisotopic (exact) mass is 437 g/mol. The molecule has 2 N–H and O–H groups in total. The van der Waals surface area contributed by atoms with E-state index in [0.29, 0.717) is 22.3 Å². The van der Waals surface area contributed by atoms with Gasteiger partial charge in [-0.05, 0) is 61.4 Å². The standard InChI is InChI=1S/C22H20BrN3O2/c23-15-7-5-13(6-8-15)20(27)24-16-11-22(12-16)9-14(10-22)19-17-3-1-2-4-18(17)21(28)26-25-19/h1-8,14,16H,9-12H2,(H,24,27)(H,26,28). The molecule has 0 atom stereocenters.